The molecule has 1 heterocycles. The van der Waals surface area contributed by atoms with Crippen LogP contribution in [0, 0.1) is 5.92 Å². The fourth-order valence-corrected chi connectivity index (χ4v) is 1.84. The maximum atomic E-state index is 12.1. The summed E-state index contributed by atoms with van der Waals surface area (Å²) in [6.45, 7) is 11.5. The van der Waals surface area contributed by atoms with Crippen molar-refractivity contribution in [2.75, 3.05) is 39.3 Å². The number of nitrogens with one attached hydrogen (secondary N) is 1. The van der Waals surface area contributed by atoms with E-state index in [-0.39, 0.29) is 6.03 Å². The molecule has 0 spiro atoms. The Labute approximate surface area is 92.6 Å². The number of piperazine rings is 1. The molecule has 15 heavy (non-hydrogen) atoms. The summed E-state index contributed by atoms with van der Waals surface area (Å²) in [4.78, 5) is 16.0. The van der Waals surface area contributed by atoms with Crippen molar-refractivity contribution in [3.8, 4) is 0 Å². The molecule has 0 bridgehead atoms. The molecule has 1 rings (SSSR count). The SMILES string of the molecule is CCN(CC(C)C)C(=O)N1CCNCC1. The molecule has 2 amide bonds. The van der Waals surface area contributed by atoms with E-state index >= 15 is 0 Å². The summed E-state index contributed by atoms with van der Waals surface area (Å²) in [6, 6.07) is 0.202. The molecule has 0 aromatic rings. The molecule has 0 aromatic heterocycles. The van der Waals surface area contributed by atoms with Gasteiger partial charge in [0.25, 0.3) is 0 Å². The highest BCUT2D eigenvalue weighted by molar-refractivity contribution is 5.74. The van der Waals surface area contributed by atoms with E-state index in [0.29, 0.717) is 5.92 Å². The minimum Gasteiger partial charge on any atom is -0.325 e. The van der Waals surface area contributed by atoms with Crippen molar-refractivity contribution in [1.82, 2.24) is 15.1 Å². The van der Waals surface area contributed by atoms with Gasteiger partial charge >= 0.3 is 6.03 Å². The van der Waals surface area contributed by atoms with Gasteiger partial charge in [-0.25, -0.2) is 4.79 Å². The fraction of sp³-hybridized carbons (Fsp3) is 0.909. The number of carbonyl (C=O) groups is 1. The maximum Gasteiger partial charge on any atom is 0.320 e. The number of rotatable bonds is 3. The summed E-state index contributed by atoms with van der Waals surface area (Å²) in [5.74, 6) is 0.539. The number of carbonyl (C=O) groups excluding carboxylic acids is 1. The number of amides is 2. The lowest BCUT2D eigenvalue weighted by atomic mass is 10.2. The Balaban J connectivity index is 2.47. The summed E-state index contributed by atoms with van der Waals surface area (Å²) in [7, 11) is 0. The molecule has 0 atom stereocenters. The molecule has 0 unspecified atom stereocenters. The monoisotopic (exact) mass is 213 g/mol. The minimum atomic E-state index is 0.202. The van der Waals surface area contributed by atoms with Gasteiger partial charge in [-0.1, -0.05) is 13.8 Å². The first-order chi connectivity index (χ1) is 7.15. The van der Waals surface area contributed by atoms with E-state index in [1.807, 2.05) is 16.7 Å². The second-order valence-corrected chi connectivity index (χ2v) is 4.45. The number of nitrogens with zero attached hydrogens (tertiary/aromatic N) is 2. The summed E-state index contributed by atoms with van der Waals surface area (Å²) in [6.07, 6.45) is 0. The summed E-state index contributed by atoms with van der Waals surface area (Å²) < 4.78 is 0. The third-order valence-corrected chi connectivity index (χ3v) is 2.63. The summed E-state index contributed by atoms with van der Waals surface area (Å²) >= 11 is 0. The third kappa shape index (κ3) is 3.70. The zero-order chi connectivity index (χ0) is 11.3. The van der Waals surface area contributed by atoms with Crippen molar-refractivity contribution in [3.63, 3.8) is 0 Å². The van der Waals surface area contributed by atoms with Crippen LogP contribution in [-0.2, 0) is 0 Å². The van der Waals surface area contributed by atoms with Gasteiger partial charge in [0.1, 0.15) is 0 Å². The average molecular weight is 213 g/mol. The van der Waals surface area contributed by atoms with E-state index in [2.05, 4.69) is 19.2 Å². The Morgan fingerprint density at radius 3 is 2.47 bits per heavy atom. The van der Waals surface area contributed by atoms with Crippen LogP contribution in [0.3, 0.4) is 0 Å². The van der Waals surface area contributed by atoms with Crippen LogP contribution in [0.2, 0.25) is 0 Å². The second-order valence-electron chi connectivity index (χ2n) is 4.45. The van der Waals surface area contributed by atoms with Crippen LogP contribution < -0.4 is 5.32 Å². The van der Waals surface area contributed by atoms with E-state index in [4.69, 9.17) is 0 Å². The van der Waals surface area contributed by atoms with Gasteiger partial charge in [0.05, 0.1) is 0 Å². The van der Waals surface area contributed by atoms with Crippen molar-refractivity contribution in [1.29, 1.82) is 0 Å². The van der Waals surface area contributed by atoms with E-state index in [1.54, 1.807) is 0 Å². The predicted molar refractivity (Wildman–Crippen MR) is 61.9 cm³/mol. The fourth-order valence-electron chi connectivity index (χ4n) is 1.84. The van der Waals surface area contributed by atoms with Gasteiger partial charge in [-0.2, -0.15) is 0 Å². The van der Waals surface area contributed by atoms with E-state index in [0.717, 1.165) is 39.3 Å². The van der Waals surface area contributed by atoms with Crippen molar-refractivity contribution >= 4 is 6.03 Å². The molecule has 1 aliphatic heterocycles. The van der Waals surface area contributed by atoms with Crippen molar-refractivity contribution in [2.45, 2.75) is 20.8 Å². The van der Waals surface area contributed by atoms with Gasteiger partial charge in [0.2, 0.25) is 0 Å². The average Bonchev–Trinajstić information content (AvgIpc) is 2.26. The molecule has 0 aliphatic carbocycles. The lowest BCUT2D eigenvalue weighted by Crippen LogP contribution is -2.52. The first-order valence-corrected chi connectivity index (χ1v) is 5.89. The minimum absolute atomic E-state index is 0.202. The molecule has 1 N–H and O–H groups in total. The first kappa shape index (κ1) is 12.3. The van der Waals surface area contributed by atoms with Crippen molar-refractivity contribution in [2.24, 2.45) is 5.92 Å². The van der Waals surface area contributed by atoms with E-state index in [1.165, 1.54) is 0 Å². The van der Waals surface area contributed by atoms with Gasteiger partial charge in [-0.15, -0.1) is 0 Å². The normalized spacial score (nSPS) is 16.9. The zero-order valence-corrected chi connectivity index (χ0v) is 10.1. The Kier molecular flexibility index (Phi) is 4.88. The van der Waals surface area contributed by atoms with E-state index < -0.39 is 0 Å². The van der Waals surface area contributed by atoms with Crippen LogP contribution in [0.4, 0.5) is 4.79 Å². The smallest absolute Gasteiger partial charge is 0.320 e. The van der Waals surface area contributed by atoms with Gasteiger partial charge in [0.15, 0.2) is 0 Å². The second kappa shape index (κ2) is 5.95. The zero-order valence-electron chi connectivity index (χ0n) is 10.1. The van der Waals surface area contributed by atoms with Crippen LogP contribution in [0.1, 0.15) is 20.8 Å². The van der Waals surface area contributed by atoms with Gasteiger partial charge in [-0.3, -0.25) is 0 Å². The maximum absolute atomic E-state index is 12.1. The molecule has 88 valence electrons. The number of hydrogen-bond donors (Lipinski definition) is 1. The van der Waals surface area contributed by atoms with Crippen LogP contribution in [0.5, 0.6) is 0 Å². The molecule has 4 heteroatoms. The van der Waals surface area contributed by atoms with Crippen LogP contribution in [-0.4, -0.2) is 55.1 Å². The Morgan fingerprint density at radius 1 is 1.40 bits per heavy atom. The molecule has 1 aliphatic rings. The topological polar surface area (TPSA) is 35.6 Å². The predicted octanol–water partition coefficient (Wildman–Crippen LogP) is 0.990. The Hall–Kier alpha value is -0.770. The Morgan fingerprint density at radius 2 is 2.00 bits per heavy atom. The van der Waals surface area contributed by atoms with Gasteiger partial charge in [-0.05, 0) is 12.8 Å². The first-order valence-electron chi connectivity index (χ1n) is 5.89. The van der Waals surface area contributed by atoms with Crippen LogP contribution >= 0.6 is 0 Å². The number of urea groups is 1. The molecule has 0 saturated carbocycles. The largest absolute Gasteiger partial charge is 0.325 e. The lowest BCUT2D eigenvalue weighted by molar-refractivity contribution is 0.143. The molecule has 0 radical (unpaired) electrons. The van der Waals surface area contributed by atoms with Crippen LogP contribution in [0.15, 0.2) is 0 Å². The summed E-state index contributed by atoms with van der Waals surface area (Å²) in [5, 5.41) is 3.25. The van der Waals surface area contributed by atoms with Crippen molar-refractivity contribution in [3.05, 3.63) is 0 Å². The standard InChI is InChI=1S/C11H23N3O/c1-4-13(9-10(2)3)11(15)14-7-5-12-6-8-14/h10,12H,4-9H2,1-3H3. The van der Waals surface area contributed by atoms with Crippen LogP contribution in [0.25, 0.3) is 0 Å². The summed E-state index contributed by atoms with van der Waals surface area (Å²) in [5.41, 5.74) is 0. The van der Waals surface area contributed by atoms with Crippen molar-refractivity contribution < 1.29 is 4.79 Å². The molecular weight excluding hydrogens is 190 g/mol. The quantitative estimate of drug-likeness (QED) is 0.759. The number of hydrogen-bond acceptors (Lipinski definition) is 2. The molecule has 1 saturated heterocycles. The Bertz CT molecular complexity index is 200. The highest BCUT2D eigenvalue weighted by atomic mass is 16.2. The molecule has 1 fully saturated rings. The third-order valence-electron chi connectivity index (χ3n) is 2.63. The lowest BCUT2D eigenvalue weighted by Gasteiger charge is -2.33. The molecule has 4 nitrogen and oxygen atoms in total. The van der Waals surface area contributed by atoms with Gasteiger partial charge in [0, 0.05) is 39.3 Å². The molecular formula is C11H23N3O. The highest BCUT2D eigenvalue weighted by Gasteiger charge is 2.21. The van der Waals surface area contributed by atoms with E-state index in [9.17, 15) is 4.79 Å². The van der Waals surface area contributed by atoms with Gasteiger partial charge < -0.3 is 15.1 Å². The molecule has 0 aromatic carbocycles. The highest BCUT2D eigenvalue weighted by Crippen LogP contribution is 2.04.